The molecule has 8 nitrogen and oxygen atoms in total. The molecule has 0 aromatic heterocycles. The summed E-state index contributed by atoms with van der Waals surface area (Å²) in [6, 6.07) is 5.37. The Hall–Kier alpha value is -2.91. The van der Waals surface area contributed by atoms with E-state index in [1.807, 2.05) is 0 Å². The predicted octanol–water partition coefficient (Wildman–Crippen LogP) is 2.40. The van der Waals surface area contributed by atoms with E-state index in [0.29, 0.717) is 0 Å². The zero-order chi connectivity index (χ0) is 15.3. The van der Waals surface area contributed by atoms with Crippen molar-refractivity contribution in [2.45, 2.75) is 0 Å². The van der Waals surface area contributed by atoms with E-state index in [-0.39, 0.29) is 21.3 Å². The van der Waals surface area contributed by atoms with Crippen molar-refractivity contribution in [2.24, 2.45) is 0 Å². The Labute approximate surface area is 120 Å². The molecule has 1 aromatic carbocycles. The van der Waals surface area contributed by atoms with Gasteiger partial charge in [-0.25, -0.2) is 4.79 Å². The second kappa shape index (κ2) is 6.31. The minimum Gasteiger partial charge on any atom is -0.478 e. The number of anilines is 1. The van der Waals surface area contributed by atoms with Crippen LogP contribution < -0.4 is 5.32 Å². The second-order valence-corrected chi connectivity index (χ2v) is 4.25. The molecule has 0 spiro atoms. The quantitative estimate of drug-likeness (QED) is 0.488. The van der Waals surface area contributed by atoms with Crippen LogP contribution in [0.25, 0.3) is 0 Å². The predicted molar refractivity (Wildman–Crippen MR) is 70.7 cm³/mol. The molecule has 0 amide bonds. The van der Waals surface area contributed by atoms with Crippen LogP contribution in [-0.2, 0) is 0 Å². The van der Waals surface area contributed by atoms with Crippen LogP contribution in [0.3, 0.4) is 0 Å². The van der Waals surface area contributed by atoms with Gasteiger partial charge in [0.1, 0.15) is 23.4 Å². The fourth-order valence-corrected chi connectivity index (χ4v) is 1.74. The van der Waals surface area contributed by atoms with Crippen LogP contribution >= 0.6 is 15.9 Å². The largest absolute Gasteiger partial charge is 0.478 e. The van der Waals surface area contributed by atoms with E-state index in [1.54, 1.807) is 12.1 Å². The number of nitro benzene ring substituents is 1. The van der Waals surface area contributed by atoms with E-state index in [2.05, 4.69) is 21.2 Å². The van der Waals surface area contributed by atoms with Crippen molar-refractivity contribution in [1.29, 1.82) is 10.5 Å². The van der Waals surface area contributed by atoms with Gasteiger partial charge in [0.05, 0.1) is 10.5 Å². The number of halogens is 1. The molecular formula is C11H5BrN4O4. The number of rotatable bonds is 4. The number of carbonyl (C=O) groups is 1. The lowest BCUT2D eigenvalue weighted by Gasteiger charge is -2.07. The Morgan fingerprint density at radius 2 is 2.05 bits per heavy atom. The number of hydrogen-bond donors (Lipinski definition) is 2. The molecule has 100 valence electrons. The van der Waals surface area contributed by atoms with Crippen LogP contribution in [0.15, 0.2) is 28.4 Å². The molecule has 0 saturated carbocycles. The normalized spacial score (nSPS) is 8.95. The monoisotopic (exact) mass is 336 g/mol. The van der Waals surface area contributed by atoms with Crippen molar-refractivity contribution in [2.75, 3.05) is 5.32 Å². The average molecular weight is 337 g/mol. The zero-order valence-corrected chi connectivity index (χ0v) is 11.2. The van der Waals surface area contributed by atoms with Crippen molar-refractivity contribution in [3.63, 3.8) is 0 Å². The van der Waals surface area contributed by atoms with Crippen LogP contribution in [0.1, 0.15) is 10.4 Å². The molecule has 1 rings (SSSR count). The minimum absolute atomic E-state index is 0.219. The number of nitriles is 2. The highest BCUT2D eigenvalue weighted by molar-refractivity contribution is 9.10. The first-order valence-corrected chi connectivity index (χ1v) is 5.68. The molecule has 0 atom stereocenters. The first kappa shape index (κ1) is 15.1. The van der Waals surface area contributed by atoms with Gasteiger partial charge in [-0.15, -0.1) is 0 Å². The van der Waals surface area contributed by atoms with Gasteiger partial charge >= 0.3 is 5.97 Å². The summed E-state index contributed by atoms with van der Waals surface area (Å²) in [5.41, 5.74) is -1.52. The number of carboxylic acid groups (broad SMARTS) is 1. The number of carboxylic acids is 1. The van der Waals surface area contributed by atoms with Gasteiger partial charge < -0.3 is 10.4 Å². The molecular weight excluding hydrogens is 332 g/mol. The Kier molecular flexibility index (Phi) is 4.78. The van der Waals surface area contributed by atoms with Gasteiger partial charge in [-0.1, -0.05) is 15.9 Å². The van der Waals surface area contributed by atoms with Crippen molar-refractivity contribution < 1.29 is 14.8 Å². The molecule has 0 saturated heterocycles. The molecule has 1 aromatic rings. The Balaban J connectivity index is 3.47. The Bertz CT molecular complexity index is 648. The van der Waals surface area contributed by atoms with Gasteiger partial charge in [-0.2, -0.15) is 10.5 Å². The summed E-state index contributed by atoms with van der Waals surface area (Å²) in [5, 5.41) is 39.4. The van der Waals surface area contributed by atoms with Crippen LogP contribution in [0, 0.1) is 32.8 Å². The Morgan fingerprint density at radius 1 is 1.45 bits per heavy atom. The summed E-state index contributed by atoms with van der Waals surface area (Å²) in [7, 11) is 0. The average Bonchev–Trinajstić information content (AvgIpc) is 2.40. The Morgan fingerprint density at radius 3 is 2.50 bits per heavy atom. The van der Waals surface area contributed by atoms with Gasteiger partial charge in [-0.05, 0) is 6.07 Å². The molecule has 0 aliphatic heterocycles. The van der Waals surface area contributed by atoms with Gasteiger partial charge in [0.2, 0.25) is 0 Å². The maximum absolute atomic E-state index is 11.1. The maximum Gasteiger partial charge on any atom is 0.338 e. The summed E-state index contributed by atoms with van der Waals surface area (Å²) in [4.78, 5) is 21.3. The molecule has 0 heterocycles. The standard InChI is InChI=1S/C11H5BrN4O4/c12-7-1-8(11(17)18)10(9(2-7)16(19)20)15-5-6(3-13)4-14/h1-2,5,15H,(H,17,18). The third-order valence-electron chi connectivity index (χ3n) is 2.11. The number of hydrogen-bond acceptors (Lipinski definition) is 6. The highest BCUT2D eigenvalue weighted by atomic mass is 79.9. The molecule has 0 aliphatic rings. The van der Waals surface area contributed by atoms with Crippen molar-refractivity contribution in [1.82, 2.24) is 0 Å². The van der Waals surface area contributed by atoms with Crippen LogP contribution in [0.5, 0.6) is 0 Å². The molecule has 9 heteroatoms. The summed E-state index contributed by atoms with van der Waals surface area (Å²) in [6.45, 7) is 0. The number of nitrogens with zero attached hydrogens (tertiary/aromatic N) is 3. The molecule has 0 radical (unpaired) electrons. The van der Waals surface area contributed by atoms with Gasteiger partial charge in [-0.3, -0.25) is 10.1 Å². The number of nitro groups is 1. The van der Waals surface area contributed by atoms with Gasteiger partial charge in [0.25, 0.3) is 5.69 Å². The molecule has 0 bridgehead atoms. The third kappa shape index (κ3) is 3.31. The first-order valence-electron chi connectivity index (χ1n) is 4.88. The van der Waals surface area contributed by atoms with Crippen molar-refractivity contribution >= 4 is 33.3 Å². The van der Waals surface area contributed by atoms with Crippen molar-refractivity contribution in [3.05, 3.63) is 44.1 Å². The number of nitrogens with one attached hydrogen (secondary N) is 1. The fourth-order valence-electron chi connectivity index (χ4n) is 1.29. The molecule has 0 fully saturated rings. The van der Waals surface area contributed by atoms with Crippen molar-refractivity contribution in [3.8, 4) is 12.1 Å². The molecule has 2 N–H and O–H groups in total. The van der Waals surface area contributed by atoms with E-state index in [4.69, 9.17) is 15.6 Å². The molecule has 0 aliphatic carbocycles. The highest BCUT2D eigenvalue weighted by Crippen LogP contribution is 2.32. The molecule has 0 unspecified atom stereocenters. The van der Waals surface area contributed by atoms with Gasteiger partial charge in [0.15, 0.2) is 0 Å². The summed E-state index contributed by atoms with van der Waals surface area (Å²) in [6.07, 6.45) is 0.905. The number of benzene rings is 1. The van der Waals surface area contributed by atoms with E-state index < -0.39 is 16.6 Å². The zero-order valence-electron chi connectivity index (χ0n) is 9.62. The number of allylic oxidation sites excluding steroid dienone is 1. The summed E-state index contributed by atoms with van der Waals surface area (Å²) in [5.74, 6) is -1.39. The fraction of sp³-hybridized carbons (Fsp3) is 0. The smallest absolute Gasteiger partial charge is 0.338 e. The maximum atomic E-state index is 11.1. The SMILES string of the molecule is N#CC(C#N)=CNc1c(C(=O)O)cc(Br)cc1[N+](=O)[O-]. The highest BCUT2D eigenvalue weighted by Gasteiger charge is 2.22. The van der Waals surface area contributed by atoms with Gasteiger partial charge in [0, 0.05) is 16.7 Å². The summed E-state index contributed by atoms with van der Waals surface area (Å²) >= 11 is 2.98. The topological polar surface area (TPSA) is 140 Å². The van der Waals surface area contributed by atoms with Crippen LogP contribution in [-0.4, -0.2) is 16.0 Å². The lowest BCUT2D eigenvalue weighted by molar-refractivity contribution is -0.384. The van der Waals surface area contributed by atoms with E-state index in [0.717, 1.165) is 12.3 Å². The lowest BCUT2D eigenvalue weighted by Crippen LogP contribution is -2.06. The second-order valence-electron chi connectivity index (χ2n) is 3.34. The lowest BCUT2D eigenvalue weighted by atomic mass is 10.1. The molecule has 20 heavy (non-hydrogen) atoms. The number of aromatic carboxylic acids is 1. The first-order chi connectivity index (χ1) is 9.40. The van der Waals surface area contributed by atoms with E-state index >= 15 is 0 Å². The van der Waals surface area contributed by atoms with E-state index in [9.17, 15) is 14.9 Å². The van der Waals surface area contributed by atoms with Crippen LogP contribution in [0.2, 0.25) is 0 Å². The third-order valence-corrected chi connectivity index (χ3v) is 2.57. The van der Waals surface area contributed by atoms with Crippen LogP contribution in [0.4, 0.5) is 11.4 Å². The summed E-state index contributed by atoms with van der Waals surface area (Å²) < 4.78 is 0.219. The minimum atomic E-state index is -1.39. The van der Waals surface area contributed by atoms with E-state index in [1.165, 1.54) is 6.07 Å².